The van der Waals surface area contributed by atoms with Crippen molar-refractivity contribution in [2.24, 2.45) is 0 Å². The van der Waals surface area contributed by atoms with Crippen LogP contribution in [0.2, 0.25) is 0 Å². The molecule has 0 radical (unpaired) electrons. The minimum atomic E-state index is -2.93. The molecule has 1 spiro atoms. The van der Waals surface area contributed by atoms with Crippen LogP contribution in [0.3, 0.4) is 0 Å². The van der Waals surface area contributed by atoms with Gasteiger partial charge in [-0.15, -0.1) is 0 Å². The van der Waals surface area contributed by atoms with Crippen molar-refractivity contribution in [1.29, 1.82) is 0 Å². The van der Waals surface area contributed by atoms with E-state index in [1.165, 1.54) is 18.2 Å². The maximum atomic E-state index is 12.9. The Morgan fingerprint density at radius 2 is 2.12 bits per heavy atom. The van der Waals surface area contributed by atoms with Gasteiger partial charge in [-0.3, -0.25) is 14.5 Å². The molecule has 2 aliphatic rings. The zero-order chi connectivity index (χ0) is 18.7. The summed E-state index contributed by atoms with van der Waals surface area (Å²) >= 11 is 0. The minimum absolute atomic E-state index is 0.0287. The van der Waals surface area contributed by atoms with Gasteiger partial charge in [0.1, 0.15) is 5.75 Å². The van der Waals surface area contributed by atoms with E-state index in [0.717, 1.165) is 6.42 Å². The van der Waals surface area contributed by atoms with E-state index >= 15 is 0 Å². The second-order valence-corrected chi connectivity index (χ2v) is 6.88. The predicted molar refractivity (Wildman–Crippen MR) is 91.2 cm³/mol. The number of ether oxygens (including phenoxy) is 1. The average Bonchev–Trinajstić information content (AvgIpc) is 2.79. The van der Waals surface area contributed by atoms with Gasteiger partial charge in [0.2, 0.25) is 5.91 Å². The molecule has 2 heterocycles. The summed E-state index contributed by atoms with van der Waals surface area (Å²) in [7, 11) is 2.02. The lowest BCUT2D eigenvalue weighted by atomic mass is 9.86. The van der Waals surface area contributed by atoms with Crippen LogP contribution in [0.25, 0.3) is 0 Å². The van der Waals surface area contributed by atoms with Crippen LogP contribution in [0.5, 0.6) is 5.75 Å². The van der Waals surface area contributed by atoms with E-state index in [1.54, 1.807) is 11.0 Å². The van der Waals surface area contributed by atoms with Crippen molar-refractivity contribution < 1.29 is 23.1 Å². The van der Waals surface area contributed by atoms with Crippen LogP contribution < -0.4 is 10.1 Å². The van der Waals surface area contributed by atoms with Crippen molar-refractivity contribution in [2.45, 2.75) is 31.4 Å². The Hall–Kier alpha value is -2.22. The van der Waals surface area contributed by atoms with Crippen LogP contribution >= 0.6 is 0 Å². The number of rotatable bonds is 3. The second kappa shape index (κ2) is 7.57. The molecular formula is C18H23F2N3O3. The topological polar surface area (TPSA) is 61.9 Å². The summed E-state index contributed by atoms with van der Waals surface area (Å²) in [4.78, 5) is 28.6. The Morgan fingerprint density at radius 1 is 1.31 bits per heavy atom. The van der Waals surface area contributed by atoms with Gasteiger partial charge in [-0.2, -0.15) is 8.78 Å². The normalized spacial score (nSPS) is 24.5. The molecule has 1 N–H and O–H groups in total. The maximum absolute atomic E-state index is 12.9. The molecule has 1 unspecified atom stereocenters. The van der Waals surface area contributed by atoms with E-state index < -0.39 is 6.61 Å². The zero-order valence-corrected chi connectivity index (χ0v) is 14.7. The SMILES string of the molecule is CN1CCN(C(=O)c2cccc(OC(F)F)c2)CC12CCNC(=O)CC2. The summed E-state index contributed by atoms with van der Waals surface area (Å²) in [6.07, 6.45) is 1.89. The maximum Gasteiger partial charge on any atom is 0.387 e. The van der Waals surface area contributed by atoms with Crippen molar-refractivity contribution in [3.05, 3.63) is 29.8 Å². The summed E-state index contributed by atoms with van der Waals surface area (Å²) in [5, 5.41) is 2.88. The predicted octanol–water partition coefficient (Wildman–Crippen LogP) is 1.71. The molecule has 2 saturated heterocycles. The Kier molecular flexibility index (Phi) is 5.41. The molecule has 1 aromatic rings. The third-order valence-corrected chi connectivity index (χ3v) is 5.32. The van der Waals surface area contributed by atoms with Gasteiger partial charge in [-0.05, 0) is 38.1 Å². The molecule has 26 heavy (non-hydrogen) atoms. The smallest absolute Gasteiger partial charge is 0.387 e. The summed E-state index contributed by atoms with van der Waals surface area (Å²) < 4.78 is 29.2. The van der Waals surface area contributed by atoms with E-state index in [1.807, 2.05) is 7.05 Å². The Morgan fingerprint density at radius 3 is 2.88 bits per heavy atom. The zero-order valence-electron chi connectivity index (χ0n) is 14.7. The summed E-state index contributed by atoms with van der Waals surface area (Å²) in [6.45, 7) is -0.575. The van der Waals surface area contributed by atoms with Crippen LogP contribution in [0.4, 0.5) is 8.78 Å². The van der Waals surface area contributed by atoms with E-state index in [2.05, 4.69) is 15.0 Å². The van der Waals surface area contributed by atoms with Gasteiger partial charge in [0.25, 0.3) is 5.91 Å². The average molecular weight is 367 g/mol. The minimum Gasteiger partial charge on any atom is -0.435 e. The fraction of sp³-hybridized carbons (Fsp3) is 0.556. The largest absolute Gasteiger partial charge is 0.435 e. The summed E-state index contributed by atoms with van der Waals surface area (Å²) in [5.74, 6) is -0.199. The van der Waals surface area contributed by atoms with Crippen molar-refractivity contribution >= 4 is 11.8 Å². The molecule has 0 saturated carbocycles. The number of carbonyl (C=O) groups excluding carboxylic acids is 2. The van der Waals surface area contributed by atoms with Gasteiger partial charge in [0.05, 0.1) is 0 Å². The van der Waals surface area contributed by atoms with Crippen LogP contribution in [-0.4, -0.2) is 67.0 Å². The molecule has 2 fully saturated rings. The number of likely N-dealkylation sites (N-methyl/N-ethyl adjacent to an activating group) is 1. The van der Waals surface area contributed by atoms with Crippen LogP contribution in [0, 0.1) is 0 Å². The number of hydrogen-bond acceptors (Lipinski definition) is 4. The fourth-order valence-electron chi connectivity index (χ4n) is 3.76. The third kappa shape index (κ3) is 3.95. The molecular weight excluding hydrogens is 344 g/mol. The second-order valence-electron chi connectivity index (χ2n) is 6.88. The van der Waals surface area contributed by atoms with Crippen molar-refractivity contribution in [3.8, 4) is 5.75 Å². The van der Waals surface area contributed by atoms with Crippen LogP contribution in [0.15, 0.2) is 24.3 Å². The van der Waals surface area contributed by atoms with Crippen molar-refractivity contribution in [2.75, 3.05) is 33.2 Å². The number of hydrogen-bond donors (Lipinski definition) is 1. The highest BCUT2D eigenvalue weighted by Crippen LogP contribution is 2.31. The number of amides is 2. The molecule has 2 amide bonds. The standard InChI is InChI=1S/C18H23F2N3O3/c1-22-9-10-23(12-18(22)6-5-15(24)21-8-7-18)16(25)13-3-2-4-14(11-13)26-17(19)20/h2-4,11,17H,5-10,12H2,1H3,(H,21,24). The van der Waals surface area contributed by atoms with Gasteiger partial charge in [-0.25, -0.2) is 0 Å². The lowest BCUT2D eigenvalue weighted by molar-refractivity contribution is -0.121. The van der Waals surface area contributed by atoms with Crippen LogP contribution in [0.1, 0.15) is 29.6 Å². The lowest BCUT2D eigenvalue weighted by Gasteiger charge is -2.49. The molecule has 0 aliphatic carbocycles. The molecule has 2 aliphatic heterocycles. The van der Waals surface area contributed by atoms with Gasteiger partial charge in [0.15, 0.2) is 0 Å². The number of halogens is 2. The third-order valence-electron chi connectivity index (χ3n) is 5.32. The number of benzene rings is 1. The fourth-order valence-corrected chi connectivity index (χ4v) is 3.76. The molecule has 3 rings (SSSR count). The number of carbonyl (C=O) groups is 2. The Labute approximate surface area is 151 Å². The highest BCUT2D eigenvalue weighted by molar-refractivity contribution is 5.94. The Balaban J connectivity index is 1.76. The van der Waals surface area contributed by atoms with Gasteiger partial charge < -0.3 is 15.0 Å². The molecule has 142 valence electrons. The van der Waals surface area contributed by atoms with Gasteiger partial charge >= 0.3 is 6.61 Å². The van der Waals surface area contributed by atoms with E-state index in [9.17, 15) is 18.4 Å². The lowest BCUT2D eigenvalue weighted by Crippen LogP contribution is -2.62. The highest BCUT2D eigenvalue weighted by Gasteiger charge is 2.42. The molecule has 0 bridgehead atoms. The first-order valence-electron chi connectivity index (χ1n) is 8.72. The van der Waals surface area contributed by atoms with Crippen molar-refractivity contribution in [1.82, 2.24) is 15.1 Å². The molecule has 1 aromatic carbocycles. The van der Waals surface area contributed by atoms with Gasteiger partial charge in [0, 0.05) is 43.7 Å². The van der Waals surface area contributed by atoms with Crippen LogP contribution in [-0.2, 0) is 4.79 Å². The quantitative estimate of drug-likeness (QED) is 0.884. The molecule has 1 atom stereocenters. The first kappa shape index (κ1) is 18.6. The first-order chi connectivity index (χ1) is 12.4. The van der Waals surface area contributed by atoms with Gasteiger partial charge in [-0.1, -0.05) is 6.07 Å². The first-order valence-corrected chi connectivity index (χ1v) is 8.72. The molecule has 6 nitrogen and oxygen atoms in total. The number of nitrogens with one attached hydrogen (secondary N) is 1. The number of piperazine rings is 1. The summed E-state index contributed by atoms with van der Waals surface area (Å²) in [5.41, 5.74) is 0.0788. The summed E-state index contributed by atoms with van der Waals surface area (Å²) in [6, 6.07) is 5.88. The number of alkyl halides is 2. The van der Waals surface area contributed by atoms with E-state index in [0.29, 0.717) is 44.6 Å². The molecule has 8 heteroatoms. The van der Waals surface area contributed by atoms with Crippen molar-refractivity contribution in [3.63, 3.8) is 0 Å². The highest BCUT2D eigenvalue weighted by atomic mass is 19.3. The monoisotopic (exact) mass is 367 g/mol. The van der Waals surface area contributed by atoms with E-state index in [-0.39, 0.29) is 23.1 Å². The number of nitrogens with zero attached hydrogens (tertiary/aromatic N) is 2. The van der Waals surface area contributed by atoms with E-state index in [4.69, 9.17) is 0 Å². The Bertz CT molecular complexity index is 685. The molecule has 0 aromatic heterocycles.